The van der Waals surface area contributed by atoms with Crippen LogP contribution in [0.4, 0.5) is 8.78 Å². The van der Waals surface area contributed by atoms with E-state index in [4.69, 9.17) is 23.2 Å². The largest absolute Gasteiger partial charge is 0.478 e. The Kier molecular flexibility index (Phi) is 8.05. The Balaban J connectivity index is 2.06. The molecule has 1 saturated heterocycles. The average Bonchev–Trinajstić information content (AvgIpc) is 3.19. The Bertz CT molecular complexity index is 1620. The van der Waals surface area contributed by atoms with Gasteiger partial charge in [0.15, 0.2) is 0 Å². The maximum Gasteiger partial charge on any atom is 0.335 e. The van der Waals surface area contributed by atoms with Gasteiger partial charge in [0.05, 0.1) is 27.6 Å². The van der Waals surface area contributed by atoms with Crippen LogP contribution in [-0.2, 0) is 15.4 Å². The molecule has 1 fully saturated rings. The fourth-order valence-electron chi connectivity index (χ4n) is 5.56. The van der Waals surface area contributed by atoms with Gasteiger partial charge in [0, 0.05) is 22.7 Å². The average molecular weight is 608 g/mol. The molecule has 11 heteroatoms. The van der Waals surface area contributed by atoms with Gasteiger partial charge >= 0.3 is 5.97 Å². The van der Waals surface area contributed by atoms with E-state index in [1.165, 1.54) is 30.3 Å². The van der Waals surface area contributed by atoms with Gasteiger partial charge in [-0.15, -0.1) is 0 Å². The zero-order chi connectivity index (χ0) is 29.6. The number of sulfonamides is 1. The van der Waals surface area contributed by atoms with E-state index in [0.29, 0.717) is 0 Å². The second-order valence-corrected chi connectivity index (χ2v) is 13.8. The van der Waals surface area contributed by atoms with Crippen molar-refractivity contribution in [3.63, 3.8) is 0 Å². The summed E-state index contributed by atoms with van der Waals surface area (Å²) in [7, 11) is -4.48. The predicted molar refractivity (Wildman–Crippen MR) is 148 cm³/mol. The molecule has 1 aliphatic heterocycles. The number of rotatable bonds is 6. The number of carboxylic acid groups (broad SMARTS) is 1. The molecule has 3 atom stereocenters. The molecule has 6 nitrogen and oxygen atoms in total. The van der Waals surface area contributed by atoms with Crippen LogP contribution in [0, 0.1) is 34.3 Å². The molecule has 0 saturated carbocycles. The Morgan fingerprint density at radius 1 is 1.12 bits per heavy atom. The van der Waals surface area contributed by atoms with Crippen molar-refractivity contribution in [3.8, 4) is 6.07 Å². The van der Waals surface area contributed by atoms with E-state index in [1.807, 2.05) is 20.8 Å². The number of carboxylic acids is 1. The number of nitriles is 1. The maximum absolute atomic E-state index is 15.7. The lowest BCUT2D eigenvalue weighted by atomic mass is 9.63. The van der Waals surface area contributed by atoms with Crippen LogP contribution in [0.15, 0.2) is 65.6 Å². The summed E-state index contributed by atoms with van der Waals surface area (Å²) < 4.78 is 60.8. The lowest BCUT2D eigenvalue weighted by molar-refractivity contribution is 0.0696. The second kappa shape index (κ2) is 10.7. The van der Waals surface area contributed by atoms with Crippen molar-refractivity contribution in [1.82, 2.24) is 4.31 Å². The van der Waals surface area contributed by atoms with Gasteiger partial charge in [0.25, 0.3) is 0 Å². The number of hydrogen-bond donors (Lipinski definition) is 1. The smallest absolute Gasteiger partial charge is 0.335 e. The van der Waals surface area contributed by atoms with Crippen molar-refractivity contribution in [2.24, 2.45) is 11.3 Å². The van der Waals surface area contributed by atoms with Crippen LogP contribution in [0.25, 0.3) is 0 Å². The summed E-state index contributed by atoms with van der Waals surface area (Å²) in [6.45, 7) is 5.48. The molecule has 1 aliphatic rings. The summed E-state index contributed by atoms with van der Waals surface area (Å²) in [4.78, 5) is 11.1. The summed E-state index contributed by atoms with van der Waals surface area (Å²) in [6, 6.07) is 13.1. The Morgan fingerprint density at radius 3 is 2.33 bits per heavy atom. The first-order valence-electron chi connectivity index (χ1n) is 12.3. The summed E-state index contributed by atoms with van der Waals surface area (Å²) in [5, 5.41) is 19.9. The molecule has 0 aliphatic carbocycles. The zero-order valence-electron chi connectivity index (χ0n) is 21.8. The molecule has 40 heavy (non-hydrogen) atoms. The lowest BCUT2D eigenvalue weighted by Crippen LogP contribution is -2.41. The molecule has 3 aromatic rings. The van der Waals surface area contributed by atoms with Gasteiger partial charge in [-0.05, 0) is 60.2 Å². The molecule has 1 N–H and O–H groups in total. The summed E-state index contributed by atoms with van der Waals surface area (Å²) >= 11 is 12.1. The minimum Gasteiger partial charge on any atom is -0.478 e. The van der Waals surface area contributed by atoms with E-state index >= 15 is 8.78 Å². The van der Waals surface area contributed by atoms with E-state index in [2.05, 4.69) is 6.07 Å². The van der Waals surface area contributed by atoms with E-state index in [0.717, 1.165) is 34.6 Å². The van der Waals surface area contributed by atoms with E-state index in [9.17, 15) is 23.6 Å². The third kappa shape index (κ3) is 5.21. The molecule has 0 spiro atoms. The highest BCUT2D eigenvalue weighted by Crippen LogP contribution is 2.57. The first-order valence-corrected chi connectivity index (χ1v) is 14.5. The third-order valence-corrected chi connectivity index (χ3v) is 9.54. The summed E-state index contributed by atoms with van der Waals surface area (Å²) in [5.74, 6) is -3.79. The summed E-state index contributed by atoms with van der Waals surface area (Å²) in [5.41, 5.74) is -2.75. The number of aromatic carboxylic acids is 1. The van der Waals surface area contributed by atoms with Crippen molar-refractivity contribution in [2.75, 3.05) is 6.54 Å². The zero-order valence-corrected chi connectivity index (χ0v) is 24.2. The number of nitrogens with zero attached hydrogens (tertiary/aromatic N) is 2. The van der Waals surface area contributed by atoms with Gasteiger partial charge in [-0.2, -0.15) is 9.57 Å². The quantitative estimate of drug-likeness (QED) is 0.319. The molecule has 0 amide bonds. The molecule has 3 aromatic carbocycles. The van der Waals surface area contributed by atoms with Crippen LogP contribution >= 0.6 is 23.2 Å². The predicted octanol–water partition coefficient (Wildman–Crippen LogP) is 7.23. The normalized spacial score (nSPS) is 21.8. The highest BCUT2D eigenvalue weighted by molar-refractivity contribution is 7.89. The van der Waals surface area contributed by atoms with Crippen molar-refractivity contribution in [1.29, 1.82) is 5.26 Å². The van der Waals surface area contributed by atoms with Crippen molar-refractivity contribution in [3.05, 3.63) is 99.0 Å². The number of halogens is 4. The van der Waals surface area contributed by atoms with Crippen LogP contribution in [0.3, 0.4) is 0 Å². The molecule has 4 rings (SSSR count). The first-order chi connectivity index (χ1) is 18.6. The second-order valence-electron chi connectivity index (χ2n) is 11.0. The van der Waals surface area contributed by atoms with E-state index in [1.54, 1.807) is 0 Å². The molecule has 210 valence electrons. The fraction of sp³-hybridized carbons (Fsp3) is 0.310. The van der Waals surface area contributed by atoms with Crippen LogP contribution in [-0.4, -0.2) is 30.3 Å². The minimum absolute atomic E-state index is 0.0770. The Hall–Kier alpha value is -3.03. The van der Waals surface area contributed by atoms with E-state index in [-0.39, 0.29) is 44.6 Å². The maximum atomic E-state index is 15.7. The Labute approximate surface area is 241 Å². The van der Waals surface area contributed by atoms with Crippen molar-refractivity contribution in [2.45, 2.75) is 43.5 Å². The fourth-order valence-corrected chi connectivity index (χ4v) is 7.59. The van der Waals surface area contributed by atoms with Gasteiger partial charge in [0.2, 0.25) is 10.0 Å². The van der Waals surface area contributed by atoms with Crippen LogP contribution < -0.4 is 0 Å². The molecule has 1 heterocycles. The lowest BCUT2D eigenvalue weighted by Gasteiger charge is -2.38. The van der Waals surface area contributed by atoms with Gasteiger partial charge in [-0.3, -0.25) is 0 Å². The van der Waals surface area contributed by atoms with Crippen LogP contribution in [0.5, 0.6) is 0 Å². The van der Waals surface area contributed by atoms with Crippen LogP contribution in [0.2, 0.25) is 10.0 Å². The molecular formula is C29H26Cl2F2N2O4S. The van der Waals surface area contributed by atoms with Gasteiger partial charge < -0.3 is 5.11 Å². The third-order valence-electron chi connectivity index (χ3n) is 7.17. The van der Waals surface area contributed by atoms with Gasteiger partial charge in [-0.1, -0.05) is 62.2 Å². The van der Waals surface area contributed by atoms with Crippen molar-refractivity contribution < 1.29 is 27.1 Å². The molecule has 0 radical (unpaired) electrons. The highest BCUT2D eigenvalue weighted by Gasteiger charge is 2.61. The summed E-state index contributed by atoms with van der Waals surface area (Å²) in [6.07, 6.45) is 0.283. The molecule has 0 aromatic heterocycles. The van der Waals surface area contributed by atoms with E-state index < -0.39 is 50.4 Å². The van der Waals surface area contributed by atoms with Crippen LogP contribution in [0.1, 0.15) is 54.7 Å². The monoisotopic (exact) mass is 606 g/mol. The highest BCUT2D eigenvalue weighted by atomic mass is 35.5. The molecular weight excluding hydrogens is 581 g/mol. The first kappa shape index (κ1) is 29.9. The number of hydrogen-bond acceptors (Lipinski definition) is 4. The van der Waals surface area contributed by atoms with Gasteiger partial charge in [0.1, 0.15) is 17.0 Å². The van der Waals surface area contributed by atoms with Gasteiger partial charge in [-0.25, -0.2) is 22.0 Å². The minimum atomic E-state index is -4.48. The molecule has 3 unspecified atom stereocenters. The standard InChI is InChI=1S/C29H26Cl2F2N2O4S/c1-28(2,3)14-18-15-35(40(38,39)20-10-7-17(8-11-20)27(36)37)26(21-5-4-6-23(31)25(21)33)29(18,16-34)22-12-9-19(30)13-24(22)32/h4-13,18,26H,14-15H2,1-3H3,(H,36,37). The molecule has 0 bridgehead atoms. The van der Waals surface area contributed by atoms with Crippen molar-refractivity contribution >= 4 is 39.2 Å². The SMILES string of the molecule is CC(C)(C)CC1CN(S(=O)(=O)c2ccc(C(=O)O)cc2)C(c2cccc(Cl)c2F)C1(C#N)c1ccc(Cl)cc1F. The topological polar surface area (TPSA) is 98.5 Å². The Morgan fingerprint density at radius 2 is 1.77 bits per heavy atom. The number of benzene rings is 3. The number of carbonyl (C=O) groups is 1.